The topological polar surface area (TPSA) is 52.6 Å². The molecule has 2 atom stereocenters. The fourth-order valence-electron chi connectivity index (χ4n) is 2.34. The van der Waals surface area contributed by atoms with Gasteiger partial charge in [0.1, 0.15) is 0 Å². The molecule has 0 saturated carbocycles. The lowest BCUT2D eigenvalue weighted by Crippen LogP contribution is -2.50. The molecule has 86 valence electrons. The van der Waals surface area contributed by atoms with Crippen molar-refractivity contribution in [2.75, 3.05) is 32.8 Å². The molecule has 0 radical (unpaired) electrons. The van der Waals surface area contributed by atoms with Gasteiger partial charge in [-0.15, -0.1) is 0 Å². The zero-order valence-corrected chi connectivity index (χ0v) is 9.28. The zero-order chi connectivity index (χ0) is 10.8. The second-order valence-electron chi connectivity index (χ2n) is 4.83. The highest BCUT2D eigenvalue weighted by Crippen LogP contribution is 2.23. The standard InChI is InChI=1S/C11H20N2O2/c1-8(10-4-12-5-10)11(15)13-3-2-9(6-13)7-14/h8-10,12,14H,2-7H2,1H3. The molecule has 0 aromatic rings. The van der Waals surface area contributed by atoms with Crippen molar-refractivity contribution >= 4 is 5.91 Å². The Labute approximate surface area is 90.6 Å². The first-order valence-electron chi connectivity index (χ1n) is 5.82. The van der Waals surface area contributed by atoms with E-state index >= 15 is 0 Å². The number of nitrogens with zero attached hydrogens (tertiary/aromatic N) is 1. The number of carbonyl (C=O) groups is 1. The van der Waals surface area contributed by atoms with Crippen LogP contribution in [0.4, 0.5) is 0 Å². The van der Waals surface area contributed by atoms with Crippen LogP contribution in [-0.2, 0) is 4.79 Å². The summed E-state index contributed by atoms with van der Waals surface area (Å²) < 4.78 is 0. The number of nitrogens with one attached hydrogen (secondary N) is 1. The van der Waals surface area contributed by atoms with Crippen molar-refractivity contribution in [3.63, 3.8) is 0 Å². The third kappa shape index (κ3) is 2.16. The average Bonchev–Trinajstić information content (AvgIpc) is 2.61. The Balaban J connectivity index is 1.85. The molecule has 2 saturated heterocycles. The van der Waals surface area contributed by atoms with E-state index in [-0.39, 0.29) is 18.4 Å². The van der Waals surface area contributed by atoms with Crippen molar-refractivity contribution in [2.45, 2.75) is 13.3 Å². The molecule has 0 bridgehead atoms. The molecule has 0 spiro atoms. The highest BCUT2D eigenvalue weighted by Gasteiger charge is 2.34. The fourth-order valence-corrected chi connectivity index (χ4v) is 2.34. The molecule has 2 heterocycles. The third-order valence-electron chi connectivity index (χ3n) is 3.77. The summed E-state index contributed by atoms with van der Waals surface area (Å²) in [6.07, 6.45) is 0.956. The maximum absolute atomic E-state index is 12.1. The molecule has 4 heteroatoms. The lowest BCUT2D eigenvalue weighted by atomic mass is 9.88. The monoisotopic (exact) mass is 212 g/mol. The van der Waals surface area contributed by atoms with Crippen LogP contribution in [-0.4, -0.2) is 48.7 Å². The number of aliphatic hydroxyl groups excluding tert-OH is 1. The number of amides is 1. The van der Waals surface area contributed by atoms with E-state index in [0.717, 1.165) is 32.6 Å². The minimum atomic E-state index is 0.142. The van der Waals surface area contributed by atoms with Crippen LogP contribution >= 0.6 is 0 Å². The van der Waals surface area contributed by atoms with Gasteiger partial charge in [-0.05, 0) is 25.4 Å². The molecule has 1 amide bonds. The highest BCUT2D eigenvalue weighted by atomic mass is 16.3. The maximum Gasteiger partial charge on any atom is 0.225 e. The Morgan fingerprint density at radius 2 is 2.33 bits per heavy atom. The van der Waals surface area contributed by atoms with Gasteiger partial charge in [0.05, 0.1) is 0 Å². The van der Waals surface area contributed by atoms with Gasteiger partial charge in [0, 0.05) is 31.5 Å². The minimum Gasteiger partial charge on any atom is -0.396 e. The van der Waals surface area contributed by atoms with E-state index in [1.807, 2.05) is 11.8 Å². The van der Waals surface area contributed by atoms with E-state index in [2.05, 4.69) is 5.32 Å². The van der Waals surface area contributed by atoms with Gasteiger partial charge in [-0.1, -0.05) is 6.92 Å². The first kappa shape index (κ1) is 10.9. The van der Waals surface area contributed by atoms with Gasteiger partial charge in [0.2, 0.25) is 5.91 Å². The summed E-state index contributed by atoms with van der Waals surface area (Å²) in [7, 11) is 0. The minimum absolute atomic E-state index is 0.142. The molecule has 2 N–H and O–H groups in total. The molecule has 0 aromatic heterocycles. The molecule has 0 aliphatic carbocycles. The summed E-state index contributed by atoms with van der Waals surface area (Å²) in [4.78, 5) is 14.0. The number of aliphatic hydroxyl groups is 1. The second-order valence-corrected chi connectivity index (χ2v) is 4.83. The van der Waals surface area contributed by atoms with E-state index in [1.54, 1.807) is 0 Å². The van der Waals surface area contributed by atoms with Crippen LogP contribution in [0.3, 0.4) is 0 Å². The molecule has 2 rings (SSSR count). The van der Waals surface area contributed by atoms with Crippen LogP contribution in [0.15, 0.2) is 0 Å². The van der Waals surface area contributed by atoms with Crippen LogP contribution in [0.2, 0.25) is 0 Å². The average molecular weight is 212 g/mol. The maximum atomic E-state index is 12.1. The van der Waals surface area contributed by atoms with Crippen molar-refractivity contribution < 1.29 is 9.90 Å². The van der Waals surface area contributed by atoms with E-state index in [1.165, 1.54) is 0 Å². The molecule has 2 aliphatic rings. The van der Waals surface area contributed by atoms with E-state index < -0.39 is 0 Å². The molecule has 2 unspecified atom stereocenters. The van der Waals surface area contributed by atoms with Gasteiger partial charge < -0.3 is 15.3 Å². The summed E-state index contributed by atoms with van der Waals surface area (Å²) in [6.45, 7) is 5.77. The molecule has 15 heavy (non-hydrogen) atoms. The van der Waals surface area contributed by atoms with Crippen LogP contribution in [0.5, 0.6) is 0 Å². The lowest BCUT2D eigenvalue weighted by Gasteiger charge is -2.33. The first-order valence-corrected chi connectivity index (χ1v) is 5.82. The van der Waals surface area contributed by atoms with Gasteiger partial charge in [0.25, 0.3) is 0 Å². The Kier molecular flexibility index (Phi) is 3.26. The molecule has 4 nitrogen and oxygen atoms in total. The predicted molar refractivity (Wildman–Crippen MR) is 57.3 cm³/mol. The smallest absolute Gasteiger partial charge is 0.225 e. The van der Waals surface area contributed by atoms with Crippen LogP contribution < -0.4 is 5.32 Å². The van der Waals surface area contributed by atoms with Gasteiger partial charge in [-0.2, -0.15) is 0 Å². The van der Waals surface area contributed by atoms with Crippen LogP contribution in [0.1, 0.15) is 13.3 Å². The summed E-state index contributed by atoms with van der Waals surface area (Å²) in [5.74, 6) is 1.24. The fraction of sp³-hybridized carbons (Fsp3) is 0.909. The van der Waals surface area contributed by atoms with Crippen molar-refractivity contribution in [1.82, 2.24) is 10.2 Å². The molecule has 2 fully saturated rings. The number of hydrogen-bond acceptors (Lipinski definition) is 3. The Bertz CT molecular complexity index is 241. The van der Waals surface area contributed by atoms with Gasteiger partial charge in [0.15, 0.2) is 0 Å². The normalized spacial score (nSPS) is 28.9. The predicted octanol–water partition coefficient (Wildman–Crippen LogP) is -0.317. The number of likely N-dealkylation sites (tertiary alicyclic amines) is 1. The first-order chi connectivity index (χ1) is 7.22. The number of carbonyl (C=O) groups excluding carboxylic acids is 1. The third-order valence-corrected chi connectivity index (χ3v) is 3.77. The molecular formula is C11H20N2O2. The van der Waals surface area contributed by atoms with Gasteiger partial charge >= 0.3 is 0 Å². The SMILES string of the molecule is CC(C(=O)N1CCC(CO)C1)C1CNC1. The Morgan fingerprint density at radius 3 is 2.80 bits per heavy atom. The number of hydrogen-bond donors (Lipinski definition) is 2. The largest absolute Gasteiger partial charge is 0.396 e. The van der Waals surface area contributed by atoms with Crippen LogP contribution in [0.25, 0.3) is 0 Å². The summed E-state index contributed by atoms with van der Waals surface area (Å²) in [6, 6.07) is 0. The van der Waals surface area contributed by atoms with E-state index in [4.69, 9.17) is 5.11 Å². The van der Waals surface area contributed by atoms with Crippen molar-refractivity contribution in [2.24, 2.45) is 17.8 Å². The Morgan fingerprint density at radius 1 is 1.60 bits per heavy atom. The summed E-state index contributed by atoms with van der Waals surface area (Å²) >= 11 is 0. The number of rotatable bonds is 3. The molecule has 2 aliphatic heterocycles. The van der Waals surface area contributed by atoms with Crippen LogP contribution in [0, 0.1) is 17.8 Å². The van der Waals surface area contributed by atoms with Gasteiger partial charge in [-0.3, -0.25) is 4.79 Å². The Hall–Kier alpha value is -0.610. The highest BCUT2D eigenvalue weighted by molar-refractivity contribution is 5.79. The van der Waals surface area contributed by atoms with Crippen molar-refractivity contribution in [3.05, 3.63) is 0 Å². The molecular weight excluding hydrogens is 192 g/mol. The summed E-state index contributed by atoms with van der Waals surface area (Å²) in [5, 5.41) is 12.2. The molecule has 0 aromatic carbocycles. The second kappa shape index (κ2) is 4.49. The van der Waals surface area contributed by atoms with Crippen molar-refractivity contribution in [1.29, 1.82) is 0 Å². The quantitative estimate of drug-likeness (QED) is 0.674. The van der Waals surface area contributed by atoms with E-state index in [0.29, 0.717) is 11.8 Å². The van der Waals surface area contributed by atoms with Gasteiger partial charge in [-0.25, -0.2) is 0 Å². The lowest BCUT2D eigenvalue weighted by molar-refractivity contribution is -0.136. The zero-order valence-electron chi connectivity index (χ0n) is 9.28. The van der Waals surface area contributed by atoms with Crippen molar-refractivity contribution in [3.8, 4) is 0 Å². The summed E-state index contributed by atoms with van der Waals surface area (Å²) in [5.41, 5.74) is 0. The van der Waals surface area contributed by atoms with E-state index in [9.17, 15) is 4.79 Å².